The molecule has 2 nitrogen and oxygen atoms in total. The third-order valence-corrected chi connectivity index (χ3v) is 7.75. The van der Waals surface area contributed by atoms with Crippen LogP contribution in [0, 0.1) is 35.1 Å². The van der Waals surface area contributed by atoms with Gasteiger partial charge in [0.1, 0.15) is 0 Å². The molecule has 1 aliphatic carbocycles. The fourth-order valence-corrected chi connectivity index (χ4v) is 5.68. The number of benzene rings is 2. The van der Waals surface area contributed by atoms with Crippen molar-refractivity contribution in [2.75, 3.05) is 13.2 Å². The van der Waals surface area contributed by atoms with Gasteiger partial charge in [-0.15, -0.1) is 0 Å². The van der Waals surface area contributed by atoms with E-state index in [1.54, 1.807) is 6.92 Å². The molecule has 0 radical (unpaired) electrons. The van der Waals surface area contributed by atoms with Crippen LogP contribution in [0.15, 0.2) is 35.9 Å². The summed E-state index contributed by atoms with van der Waals surface area (Å²) in [5.74, 6) is -3.46. The number of aryl methyl sites for hydroxylation is 1. The van der Waals surface area contributed by atoms with Crippen LogP contribution < -0.4 is 4.74 Å². The molecule has 2 aliphatic rings. The van der Waals surface area contributed by atoms with E-state index in [0.29, 0.717) is 25.4 Å². The predicted octanol–water partition coefficient (Wildman–Crippen LogP) is 8.56. The Kier molecular flexibility index (Phi) is 9.10. The van der Waals surface area contributed by atoms with Gasteiger partial charge in [-0.1, -0.05) is 50.8 Å². The van der Waals surface area contributed by atoms with E-state index in [1.807, 2.05) is 0 Å². The second-order valence-electron chi connectivity index (χ2n) is 10.1. The fraction of sp³-hybridized carbons (Fsp3) is 0.533. The number of ether oxygens (including phenoxy) is 2. The van der Waals surface area contributed by atoms with Crippen LogP contribution in [-0.4, -0.2) is 19.3 Å². The standard InChI is InChI=1S/C30H36F4O2/c1-3-5-19-6-10-21(11-7-19)25-16-9-20(18-36-25)8-12-22-13-14-23(28(32)27(22)31)24-15-17-26(35-4-2)30(34)29(24)33/h9,13-15,17,19,21,25H,3-8,10-12,16,18H2,1-2H3. The molecule has 1 saturated carbocycles. The van der Waals surface area contributed by atoms with Crippen LogP contribution in [0.1, 0.15) is 70.8 Å². The van der Waals surface area contributed by atoms with Crippen LogP contribution in [0.4, 0.5) is 17.6 Å². The highest BCUT2D eigenvalue weighted by atomic mass is 19.2. The largest absolute Gasteiger partial charge is 0.491 e. The van der Waals surface area contributed by atoms with Crippen molar-refractivity contribution >= 4 is 0 Å². The summed E-state index contributed by atoms with van der Waals surface area (Å²) in [4.78, 5) is 0. The summed E-state index contributed by atoms with van der Waals surface area (Å²) in [5, 5.41) is 0. The highest BCUT2D eigenvalue weighted by Gasteiger charge is 2.29. The molecular formula is C30H36F4O2. The van der Waals surface area contributed by atoms with Crippen molar-refractivity contribution in [1.82, 2.24) is 0 Å². The molecule has 1 heterocycles. The van der Waals surface area contributed by atoms with E-state index in [0.717, 1.165) is 17.9 Å². The summed E-state index contributed by atoms with van der Waals surface area (Å²) in [7, 11) is 0. The zero-order chi connectivity index (χ0) is 25.7. The first kappa shape index (κ1) is 26.7. The maximum Gasteiger partial charge on any atom is 0.201 e. The molecule has 1 fully saturated rings. The van der Waals surface area contributed by atoms with Crippen molar-refractivity contribution in [2.45, 2.75) is 77.7 Å². The van der Waals surface area contributed by atoms with Gasteiger partial charge in [0.05, 0.1) is 19.3 Å². The third kappa shape index (κ3) is 5.96. The van der Waals surface area contributed by atoms with Gasteiger partial charge in [-0.2, -0.15) is 4.39 Å². The van der Waals surface area contributed by atoms with Gasteiger partial charge in [-0.25, -0.2) is 13.2 Å². The molecule has 2 aromatic carbocycles. The second-order valence-corrected chi connectivity index (χ2v) is 10.1. The number of halogens is 4. The Morgan fingerprint density at radius 1 is 0.833 bits per heavy atom. The average Bonchev–Trinajstić information content (AvgIpc) is 2.89. The van der Waals surface area contributed by atoms with Gasteiger partial charge in [-0.3, -0.25) is 0 Å². The minimum atomic E-state index is -1.26. The molecule has 0 N–H and O–H groups in total. The van der Waals surface area contributed by atoms with Crippen molar-refractivity contribution in [2.24, 2.45) is 11.8 Å². The molecule has 4 rings (SSSR count). The lowest BCUT2D eigenvalue weighted by atomic mass is 9.77. The summed E-state index contributed by atoms with van der Waals surface area (Å²) >= 11 is 0. The third-order valence-electron chi connectivity index (χ3n) is 7.75. The summed E-state index contributed by atoms with van der Waals surface area (Å²) in [6, 6.07) is 5.19. The Labute approximate surface area is 211 Å². The molecule has 0 bridgehead atoms. The Hall–Kier alpha value is -2.34. The van der Waals surface area contributed by atoms with E-state index in [2.05, 4.69) is 13.0 Å². The van der Waals surface area contributed by atoms with E-state index in [9.17, 15) is 17.6 Å². The Bertz CT molecular complexity index is 1070. The highest BCUT2D eigenvalue weighted by molar-refractivity contribution is 5.66. The monoisotopic (exact) mass is 504 g/mol. The quantitative estimate of drug-likeness (QED) is 0.252. The Morgan fingerprint density at radius 3 is 2.17 bits per heavy atom. The van der Waals surface area contributed by atoms with E-state index in [1.165, 1.54) is 62.8 Å². The molecule has 2 aromatic rings. The van der Waals surface area contributed by atoms with Crippen molar-refractivity contribution in [3.8, 4) is 16.9 Å². The summed E-state index contributed by atoms with van der Waals surface area (Å²) < 4.78 is 69.7. The average molecular weight is 505 g/mol. The minimum Gasteiger partial charge on any atom is -0.491 e. The molecule has 0 amide bonds. The SMILES string of the molecule is CCCC1CCC(C2CC=C(CCc3ccc(-c4ccc(OCC)c(F)c4F)c(F)c3F)CO2)CC1. The van der Waals surface area contributed by atoms with Crippen LogP contribution in [-0.2, 0) is 11.2 Å². The molecule has 1 aliphatic heterocycles. The fourth-order valence-electron chi connectivity index (χ4n) is 5.68. The van der Waals surface area contributed by atoms with E-state index < -0.39 is 23.3 Å². The zero-order valence-corrected chi connectivity index (χ0v) is 21.2. The molecule has 0 aromatic heterocycles. The van der Waals surface area contributed by atoms with Crippen molar-refractivity contribution in [3.63, 3.8) is 0 Å². The second kappa shape index (κ2) is 12.3. The van der Waals surface area contributed by atoms with Crippen LogP contribution in [0.25, 0.3) is 11.1 Å². The van der Waals surface area contributed by atoms with Gasteiger partial charge in [0.15, 0.2) is 23.2 Å². The van der Waals surface area contributed by atoms with Crippen molar-refractivity contribution < 1.29 is 27.0 Å². The lowest BCUT2D eigenvalue weighted by Gasteiger charge is -2.35. The molecule has 36 heavy (non-hydrogen) atoms. The topological polar surface area (TPSA) is 18.5 Å². The van der Waals surface area contributed by atoms with E-state index in [-0.39, 0.29) is 35.2 Å². The Balaban J connectivity index is 1.36. The van der Waals surface area contributed by atoms with Gasteiger partial charge < -0.3 is 9.47 Å². The van der Waals surface area contributed by atoms with Gasteiger partial charge in [0, 0.05) is 11.1 Å². The Morgan fingerprint density at radius 2 is 1.53 bits per heavy atom. The van der Waals surface area contributed by atoms with Gasteiger partial charge in [0.25, 0.3) is 0 Å². The van der Waals surface area contributed by atoms with E-state index in [4.69, 9.17) is 9.47 Å². The van der Waals surface area contributed by atoms with Crippen LogP contribution in [0.5, 0.6) is 5.75 Å². The number of hydrogen-bond acceptors (Lipinski definition) is 2. The molecule has 0 spiro atoms. The predicted molar refractivity (Wildman–Crippen MR) is 134 cm³/mol. The summed E-state index contributed by atoms with van der Waals surface area (Å²) in [5.41, 5.74) is 0.652. The van der Waals surface area contributed by atoms with Crippen LogP contribution >= 0.6 is 0 Å². The van der Waals surface area contributed by atoms with Crippen LogP contribution in [0.2, 0.25) is 0 Å². The maximum atomic E-state index is 14.9. The highest BCUT2D eigenvalue weighted by Crippen LogP contribution is 2.37. The first-order valence-electron chi connectivity index (χ1n) is 13.3. The molecule has 6 heteroatoms. The number of rotatable bonds is 9. The number of hydrogen-bond donors (Lipinski definition) is 0. The molecule has 0 saturated heterocycles. The molecule has 1 atom stereocenters. The molecular weight excluding hydrogens is 468 g/mol. The zero-order valence-electron chi connectivity index (χ0n) is 21.2. The lowest BCUT2D eigenvalue weighted by Crippen LogP contribution is -2.30. The first-order valence-corrected chi connectivity index (χ1v) is 13.3. The lowest BCUT2D eigenvalue weighted by molar-refractivity contribution is -0.000117. The van der Waals surface area contributed by atoms with Crippen molar-refractivity contribution in [3.05, 3.63) is 64.7 Å². The minimum absolute atomic E-state index is 0.162. The molecule has 196 valence electrons. The maximum absolute atomic E-state index is 14.9. The van der Waals surface area contributed by atoms with Crippen LogP contribution in [0.3, 0.4) is 0 Å². The normalized spacial score (nSPS) is 22.4. The van der Waals surface area contributed by atoms with Crippen molar-refractivity contribution in [1.29, 1.82) is 0 Å². The van der Waals surface area contributed by atoms with Gasteiger partial charge in [-0.05, 0) is 74.1 Å². The first-order chi connectivity index (χ1) is 17.4. The summed E-state index contributed by atoms with van der Waals surface area (Å²) in [6.45, 7) is 4.58. The summed E-state index contributed by atoms with van der Waals surface area (Å²) in [6.07, 6.45) is 11.8. The van der Waals surface area contributed by atoms with Gasteiger partial charge >= 0.3 is 0 Å². The van der Waals surface area contributed by atoms with E-state index >= 15 is 0 Å². The smallest absolute Gasteiger partial charge is 0.201 e. The molecule has 1 unspecified atom stereocenters. The van der Waals surface area contributed by atoms with Gasteiger partial charge in [0.2, 0.25) is 5.82 Å².